The van der Waals surface area contributed by atoms with E-state index in [1.54, 1.807) is 19.2 Å². The van der Waals surface area contributed by atoms with E-state index in [1.807, 2.05) is 17.2 Å². The Morgan fingerprint density at radius 1 is 1.35 bits per heavy atom. The molecule has 0 N–H and O–H groups in total. The molecule has 0 spiro atoms. The average molecular weight is 349 g/mol. The van der Waals surface area contributed by atoms with E-state index in [-0.39, 0.29) is 5.63 Å². The number of rotatable bonds is 1. The van der Waals surface area contributed by atoms with Gasteiger partial charge < -0.3 is 14.1 Å². The number of aryl methyl sites for hydroxylation is 1. The first-order valence-corrected chi connectivity index (χ1v) is 8.34. The molecule has 23 heavy (non-hydrogen) atoms. The van der Waals surface area contributed by atoms with Gasteiger partial charge >= 0.3 is 5.63 Å². The van der Waals surface area contributed by atoms with Gasteiger partial charge in [-0.3, -0.25) is 0 Å². The zero-order chi connectivity index (χ0) is 16.1. The van der Waals surface area contributed by atoms with Crippen LogP contribution < -0.4 is 15.3 Å². The molecular weight excluding hydrogens is 336 g/mol. The van der Waals surface area contributed by atoms with Crippen molar-refractivity contribution in [2.45, 2.75) is 20.4 Å². The topological polar surface area (TPSA) is 55.6 Å². The largest absolute Gasteiger partial charge is 0.471 e. The van der Waals surface area contributed by atoms with Crippen LogP contribution in [0.2, 0.25) is 5.02 Å². The van der Waals surface area contributed by atoms with Crippen molar-refractivity contribution < 1.29 is 9.15 Å². The number of benzene rings is 1. The molecule has 3 aromatic rings. The highest BCUT2D eigenvalue weighted by atomic mass is 35.5. The summed E-state index contributed by atoms with van der Waals surface area (Å²) in [4.78, 5) is 18.4. The number of ether oxygens (including phenoxy) is 1. The van der Waals surface area contributed by atoms with E-state index in [0.29, 0.717) is 35.2 Å². The second kappa shape index (κ2) is 5.25. The van der Waals surface area contributed by atoms with Gasteiger partial charge in [-0.1, -0.05) is 11.6 Å². The predicted molar refractivity (Wildman–Crippen MR) is 90.8 cm³/mol. The summed E-state index contributed by atoms with van der Waals surface area (Å²) in [6, 6.07) is 1.81. The smallest absolute Gasteiger partial charge is 0.339 e. The van der Waals surface area contributed by atoms with Crippen molar-refractivity contribution >= 4 is 39.0 Å². The normalized spacial score (nSPS) is 14.0. The Labute approximate surface area is 141 Å². The molecule has 0 atom stereocenters. The Hall–Kier alpha value is -2.05. The molecule has 0 bridgehead atoms. The van der Waals surface area contributed by atoms with Crippen molar-refractivity contribution in [2.24, 2.45) is 0 Å². The van der Waals surface area contributed by atoms with Gasteiger partial charge in [0.1, 0.15) is 11.3 Å². The number of thiazole rings is 1. The van der Waals surface area contributed by atoms with Crippen LogP contribution in [0.25, 0.3) is 11.0 Å². The fourth-order valence-corrected chi connectivity index (χ4v) is 3.67. The molecule has 1 aromatic carbocycles. The Kier molecular flexibility index (Phi) is 3.32. The molecule has 0 unspecified atom stereocenters. The maximum atomic E-state index is 12.1. The Balaban J connectivity index is 1.96. The van der Waals surface area contributed by atoms with Crippen LogP contribution in [0.15, 0.2) is 26.9 Å². The third-order valence-corrected chi connectivity index (χ3v) is 5.26. The molecule has 0 saturated carbocycles. The first kappa shape index (κ1) is 14.5. The molecule has 0 amide bonds. The predicted octanol–water partition coefficient (Wildman–Crippen LogP) is 3.88. The molecule has 0 radical (unpaired) electrons. The molecule has 0 aliphatic carbocycles. The SMILES string of the molecule is Cc1c(C)c2cc(Cl)c3c(c2oc1=O)CN(c1nccs1)CO3. The van der Waals surface area contributed by atoms with Crippen LogP contribution in [0.3, 0.4) is 0 Å². The van der Waals surface area contributed by atoms with Crippen molar-refractivity contribution in [1.29, 1.82) is 0 Å². The lowest BCUT2D eigenvalue weighted by molar-refractivity contribution is 0.289. The van der Waals surface area contributed by atoms with E-state index in [0.717, 1.165) is 21.6 Å². The average Bonchev–Trinajstić information content (AvgIpc) is 3.08. The van der Waals surface area contributed by atoms with Gasteiger partial charge in [0.25, 0.3) is 0 Å². The summed E-state index contributed by atoms with van der Waals surface area (Å²) >= 11 is 7.91. The van der Waals surface area contributed by atoms with Crippen LogP contribution in [0.1, 0.15) is 16.7 Å². The van der Waals surface area contributed by atoms with E-state index in [1.165, 1.54) is 11.3 Å². The second-order valence-corrected chi connectivity index (χ2v) is 6.75. The fraction of sp³-hybridized carbons (Fsp3) is 0.250. The number of nitrogens with zero attached hydrogens (tertiary/aromatic N) is 2. The third-order valence-electron chi connectivity index (χ3n) is 4.15. The maximum absolute atomic E-state index is 12.1. The number of anilines is 1. The number of aromatic nitrogens is 1. The standard InChI is InChI=1S/C16H13ClN2O3S/c1-8-9(2)15(20)22-13-10(8)5-12(17)14-11(13)6-19(7-21-14)16-18-3-4-23-16/h3-5H,6-7H2,1-2H3. The summed E-state index contributed by atoms with van der Waals surface area (Å²) in [6.45, 7) is 4.55. The third kappa shape index (κ3) is 2.21. The van der Waals surface area contributed by atoms with Crippen LogP contribution in [-0.4, -0.2) is 11.7 Å². The molecule has 5 nitrogen and oxygen atoms in total. The van der Waals surface area contributed by atoms with Crippen molar-refractivity contribution in [3.05, 3.63) is 49.8 Å². The van der Waals surface area contributed by atoms with Gasteiger partial charge in [-0.2, -0.15) is 0 Å². The molecule has 118 valence electrons. The van der Waals surface area contributed by atoms with E-state index >= 15 is 0 Å². The van der Waals surface area contributed by atoms with Crippen LogP contribution >= 0.6 is 22.9 Å². The molecule has 2 aromatic heterocycles. The Morgan fingerprint density at radius 2 is 2.17 bits per heavy atom. The lowest BCUT2D eigenvalue weighted by Gasteiger charge is -2.29. The fourth-order valence-electron chi connectivity index (χ4n) is 2.76. The number of halogens is 1. The van der Waals surface area contributed by atoms with E-state index in [9.17, 15) is 4.79 Å². The highest BCUT2D eigenvalue weighted by Gasteiger charge is 2.26. The maximum Gasteiger partial charge on any atom is 0.339 e. The summed E-state index contributed by atoms with van der Waals surface area (Å²) in [5, 5.41) is 4.14. The summed E-state index contributed by atoms with van der Waals surface area (Å²) in [5.41, 5.74) is 2.48. The van der Waals surface area contributed by atoms with Gasteiger partial charge in [-0.05, 0) is 25.5 Å². The van der Waals surface area contributed by atoms with Crippen molar-refractivity contribution in [3.63, 3.8) is 0 Å². The lowest BCUT2D eigenvalue weighted by Crippen LogP contribution is -2.32. The van der Waals surface area contributed by atoms with Gasteiger partial charge in [-0.25, -0.2) is 9.78 Å². The molecule has 1 aliphatic rings. The summed E-state index contributed by atoms with van der Waals surface area (Å²) < 4.78 is 11.4. The van der Waals surface area contributed by atoms with Crippen LogP contribution in [0, 0.1) is 13.8 Å². The Morgan fingerprint density at radius 3 is 2.91 bits per heavy atom. The molecule has 0 fully saturated rings. The van der Waals surface area contributed by atoms with Crippen LogP contribution in [0.4, 0.5) is 5.13 Å². The molecule has 0 saturated heterocycles. The number of hydrogen-bond donors (Lipinski definition) is 0. The van der Waals surface area contributed by atoms with Crippen LogP contribution in [0.5, 0.6) is 5.75 Å². The highest BCUT2D eigenvalue weighted by Crippen LogP contribution is 2.40. The van der Waals surface area contributed by atoms with Gasteiger partial charge in [0.15, 0.2) is 11.9 Å². The monoisotopic (exact) mass is 348 g/mol. The van der Waals surface area contributed by atoms with Gasteiger partial charge in [-0.15, -0.1) is 11.3 Å². The molecule has 3 heterocycles. The zero-order valence-electron chi connectivity index (χ0n) is 12.6. The lowest BCUT2D eigenvalue weighted by atomic mass is 10.0. The van der Waals surface area contributed by atoms with Gasteiger partial charge in [0.2, 0.25) is 0 Å². The summed E-state index contributed by atoms with van der Waals surface area (Å²) in [6.07, 6.45) is 1.75. The van der Waals surface area contributed by atoms with Crippen molar-refractivity contribution in [2.75, 3.05) is 11.6 Å². The van der Waals surface area contributed by atoms with Crippen LogP contribution in [-0.2, 0) is 6.54 Å². The summed E-state index contributed by atoms with van der Waals surface area (Å²) in [5.74, 6) is 0.582. The van der Waals surface area contributed by atoms with Gasteiger partial charge in [0.05, 0.1) is 17.1 Å². The van der Waals surface area contributed by atoms with E-state index < -0.39 is 0 Å². The Bertz CT molecular complexity index is 966. The first-order chi connectivity index (χ1) is 11.1. The molecule has 7 heteroatoms. The van der Waals surface area contributed by atoms with E-state index in [2.05, 4.69) is 4.98 Å². The summed E-state index contributed by atoms with van der Waals surface area (Å²) in [7, 11) is 0. The highest BCUT2D eigenvalue weighted by molar-refractivity contribution is 7.13. The van der Waals surface area contributed by atoms with E-state index in [4.69, 9.17) is 20.8 Å². The van der Waals surface area contributed by atoms with Crippen molar-refractivity contribution in [3.8, 4) is 5.75 Å². The number of hydrogen-bond acceptors (Lipinski definition) is 6. The minimum atomic E-state index is -0.328. The second-order valence-electron chi connectivity index (χ2n) is 5.47. The number of fused-ring (bicyclic) bond motifs is 3. The van der Waals surface area contributed by atoms with Gasteiger partial charge in [0, 0.05) is 22.5 Å². The minimum Gasteiger partial charge on any atom is -0.471 e. The quantitative estimate of drug-likeness (QED) is 0.625. The first-order valence-electron chi connectivity index (χ1n) is 7.09. The molecule has 1 aliphatic heterocycles. The molecular formula is C16H13ClN2O3S. The minimum absolute atomic E-state index is 0.328. The molecule has 4 rings (SSSR count). The van der Waals surface area contributed by atoms with Crippen molar-refractivity contribution in [1.82, 2.24) is 4.98 Å². The zero-order valence-corrected chi connectivity index (χ0v) is 14.1.